The average Bonchev–Trinajstić information content (AvgIpc) is 2.40. The van der Waals surface area contributed by atoms with Gasteiger partial charge in [0.15, 0.2) is 0 Å². The molecule has 2 nitrogen and oxygen atoms in total. The second kappa shape index (κ2) is 11.7. The largest absolute Gasteiger partial charge is 0.390 e. The third-order valence-electron chi connectivity index (χ3n) is 4.16. The third-order valence-corrected chi connectivity index (χ3v) is 4.16. The molecular weight excluding hydrogens is 236 g/mol. The summed E-state index contributed by atoms with van der Waals surface area (Å²) in [6, 6.07) is 0. The number of methoxy groups -OCH3 is 1. The molecule has 0 fully saturated rings. The minimum atomic E-state index is -0.403. The second-order valence-corrected chi connectivity index (χ2v) is 6.29. The summed E-state index contributed by atoms with van der Waals surface area (Å²) in [5, 5.41) is 9.98. The van der Waals surface area contributed by atoms with Gasteiger partial charge in [-0.3, -0.25) is 0 Å². The van der Waals surface area contributed by atoms with Crippen molar-refractivity contribution in [2.45, 2.75) is 103 Å². The van der Waals surface area contributed by atoms with Gasteiger partial charge in [-0.2, -0.15) is 0 Å². The highest BCUT2D eigenvalue weighted by atomic mass is 16.5. The molecule has 1 N–H and O–H groups in total. The van der Waals surface area contributed by atoms with E-state index in [1.807, 2.05) is 13.8 Å². The number of aliphatic hydroxyl groups excluding tert-OH is 1. The Morgan fingerprint density at radius 1 is 0.842 bits per heavy atom. The highest BCUT2D eigenvalue weighted by molar-refractivity contribution is 4.78. The van der Waals surface area contributed by atoms with Crippen molar-refractivity contribution in [3.05, 3.63) is 0 Å². The lowest BCUT2D eigenvalue weighted by Gasteiger charge is -2.29. The predicted molar refractivity (Wildman–Crippen MR) is 83.6 cm³/mol. The molecule has 0 aromatic heterocycles. The summed E-state index contributed by atoms with van der Waals surface area (Å²) in [5.74, 6) is 0. The molecular formula is C17H36O2. The van der Waals surface area contributed by atoms with E-state index in [1.54, 1.807) is 7.11 Å². The average molecular weight is 272 g/mol. The number of aliphatic hydroxyl groups is 1. The summed E-state index contributed by atoms with van der Waals surface area (Å²) in [6.07, 6.45) is 13.9. The quantitative estimate of drug-likeness (QED) is 0.474. The lowest BCUT2D eigenvalue weighted by Crippen LogP contribution is -2.37. The Kier molecular flexibility index (Phi) is 11.7. The molecule has 0 aliphatic heterocycles. The van der Waals surface area contributed by atoms with Gasteiger partial charge in [-0.05, 0) is 20.3 Å². The van der Waals surface area contributed by atoms with Crippen molar-refractivity contribution >= 4 is 0 Å². The molecule has 0 aromatic rings. The van der Waals surface area contributed by atoms with Crippen LogP contribution < -0.4 is 0 Å². The van der Waals surface area contributed by atoms with E-state index in [0.717, 1.165) is 12.8 Å². The predicted octanol–water partition coefficient (Wildman–Crippen LogP) is 5.08. The summed E-state index contributed by atoms with van der Waals surface area (Å²) in [5.41, 5.74) is -0.403. The van der Waals surface area contributed by atoms with Gasteiger partial charge in [0.25, 0.3) is 0 Å². The second-order valence-electron chi connectivity index (χ2n) is 6.29. The number of hydrogen-bond acceptors (Lipinski definition) is 2. The van der Waals surface area contributed by atoms with E-state index in [9.17, 15) is 5.11 Å². The highest BCUT2D eigenvalue weighted by Gasteiger charge is 2.26. The summed E-state index contributed by atoms with van der Waals surface area (Å²) in [4.78, 5) is 0. The smallest absolute Gasteiger partial charge is 0.0880 e. The Bertz CT molecular complexity index is 190. The summed E-state index contributed by atoms with van der Waals surface area (Å²) < 4.78 is 5.29. The molecule has 1 atom stereocenters. The monoisotopic (exact) mass is 272 g/mol. The van der Waals surface area contributed by atoms with Crippen LogP contribution in [-0.4, -0.2) is 23.9 Å². The van der Waals surface area contributed by atoms with Crippen molar-refractivity contribution in [2.24, 2.45) is 0 Å². The number of unbranched alkanes of at least 4 members (excludes halogenated alkanes) is 9. The molecule has 116 valence electrons. The van der Waals surface area contributed by atoms with Crippen LogP contribution in [-0.2, 0) is 4.74 Å². The Balaban J connectivity index is 3.27. The number of ether oxygens (including phenoxy) is 1. The van der Waals surface area contributed by atoms with E-state index < -0.39 is 5.60 Å². The molecule has 0 saturated carbocycles. The molecule has 0 amide bonds. The fourth-order valence-corrected chi connectivity index (χ4v) is 2.31. The van der Waals surface area contributed by atoms with Crippen molar-refractivity contribution < 1.29 is 9.84 Å². The van der Waals surface area contributed by atoms with E-state index >= 15 is 0 Å². The molecule has 1 unspecified atom stereocenters. The van der Waals surface area contributed by atoms with Crippen LogP contribution >= 0.6 is 0 Å². The zero-order valence-electron chi connectivity index (χ0n) is 13.7. The van der Waals surface area contributed by atoms with Crippen LogP contribution in [0.4, 0.5) is 0 Å². The topological polar surface area (TPSA) is 29.5 Å². The Morgan fingerprint density at radius 3 is 1.68 bits per heavy atom. The zero-order chi connectivity index (χ0) is 14.6. The van der Waals surface area contributed by atoms with Crippen LogP contribution in [0.25, 0.3) is 0 Å². The van der Waals surface area contributed by atoms with Crippen LogP contribution in [0.15, 0.2) is 0 Å². The number of rotatable bonds is 13. The van der Waals surface area contributed by atoms with E-state index in [1.165, 1.54) is 57.8 Å². The Morgan fingerprint density at radius 2 is 1.26 bits per heavy atom. The summed E-state index contributed by atoms with van der Waals surface area (Å²) in [7, 11) is 1.67. The lowest BCUT2D eigenvalue weighted by atomic mass is 9.96. The van der Waals surface area contributed by atoms with Crippen molar-refractivity contribution in [1.82, 2.24) is 0 Å². The molecule has 2 heteroatoms. The van der Waals surface area contributed by atoms with Gasteiger partial charge in [-0.15, -0.1) is 0 Å². The van der Waals surface area contributed by atoms with E-state index in [0.29, 0.717) is 0 Å². The van der Waals surface area contributed by atoms with Crippen LogP contribution in [0.2, 0.25) is 0 Å². The van der Waals surface area contributed by atoms with Gasteiger partial charge in [0.05, 0.1) is 11.7 Å². The highest BCUT2D eigenvalue weighted by Crippen LogP contribution is 2.19. The van der Waals surface area contributed by atoms with E-state index in [2.05, 4.69) is 6.92 Å². The van der Waals surface area contributed by atoms with Crippen molar-refractivity contribution in [1.29, 1.82) is 0 Å². The first-order chi connectivity index (χ1) is 9.04. The van der Waals surface area contributed by atoms with Crippen molar-refractivity contribution in [3.8, 4) is 0 Å². The van der Waals surface area contributed by atoms with Gasteiger partial charge in [0.1, 0.15) is 0 Å². The van der Waals surface area contributed by atoms with Crippen LogP contribution in [0.5, 0.6) is 0 Å². The van der Waals surface area contributed by atoms with Crippen LogP contribution in [0.1, 0.15) is 91.4 Å². The van der Waals surface area contributed by atoms with Gasteiger partial charge < -0.3 is 9.84 Å². The first kappa shape index (κ1) is 18.9. The molecule has 0 radical (unpaired) electrons. The first-order valence-corrected chi connectivity index (χ1v) is 8.27. The molecule has 0 spiro atoms. The Hall–Kier alpha value is -0.0800. The van der Waals surface area contributed by atoms with Gasteiger partial charge in [-0.1, -0.05) is 71.1 Å². The molecule has 0 aliphatic rings. The molecule has 0 aliphatic carbocycles. The van der Waals surface area contributed by atoms with Gasteiger partial charge in [-0.25, -0.2) is 0 Å². The SMILES string of the molecule is CCCCCCCCCCCCC(O)C(C)(C)OC. The lowest BCUT2D eigenvalue weighted by molar-refractivity contribution is -0.0807. The number of hydrogen-bond donors (Lipinski definition) is 1. The normalized spacial score (nSPS) is 13.7. The minimum absolute atomic E-state index is 0.341. The maximum absolute atomic E-state index is 9.98. The standard InChI is InChI=1S/C17H36O2/c1-5-6-7-8-9-10-11-12-13-14-15-16(18)17(2,3)19-4/h16,18H,5-15H2,1-4H3. The van der Waals surface area contributed by atoms with Crippen molar-refractivity contribution in [2.75, 3.05) is 7.11 Å². The molecule has 0 heterocycles. The fourth-order valence-electron chi connectivity index (χ4n) is 2.31. The van der Waals surface area contributed by atoms with Gasteiger partial charge >= 0.3 is 0 Å². The molecule has 0 rings (SSSR count). The molecule has 0 saturated heterocycles. The molecule has 0 bridgehead atoms. The Labute approximate surface area is 120 Å². The van der Waals surface area contributed by atoms with Gasteiger partial charge in [0.2, 0.25) is 0 Å². The first-order valence-electron chi connectivity index (χ1n) is 8.27. The summed E-state index contributed by atoms with van der Waals surface area (Å²) >= 11 is 0. The van der Waals surface area contributed by atoms with Crippen molar-refractivity contribution in [3.63, 3.8) is 0 Å². The van der Waals surface area contributed by atoms with E-state index in [4.69, 9.17) is 4.74 Å². The molecule has 0 aromatic carbocycles. The van der Waals surface area contributed by atoms with Crippen LogP contribution in [0, 0.1) is 0 Å². The summed E-state index contributed by atoms with van der Waals surface area (Å²) in [6.45, 7) is 6.17. The maximum atomic E-state index is 9.98. The minimum Gasteiger partial charge on any atom is -0.390 e. The van der Waals surface area contributed by atoms with Crippen LogP contribution in [0.3, 0.4) is 0 Å². The fraction of sp³-hybridized carbons (Fsp3) is 1.00. The zero-order valence-corrected chi connectivity index (χ0v) is 13.7. The third kappa shape index (κ3) is 10.4. The van der Waals surface area contributed by atoms with Gasteiger partial charge in [0, 0.05) is 7.11 Å². The maximum Gasteiger partial charge on any atom is 0.0880 e. The molecule has 19 heavy (non-hydrogen) atoms. The van der Waals surface area contributed by atoms with E-state index in [-0.39, 0.29) is 6.10 Å².